The zero-order valence-corrected chi connectivity index (χ0v) is 37.6. The number of methoxy groups -OCH3 is 1. The predicted molar refractivity (Wildman–Crippen MR) is 238 cm³/mol. The average Bonchev–Trinajstić information content (AvgIpc) is 4.10. The average molecular weight is 910 g/mol. The van der Waals surface area contributed by atoms with Crippen molar-refractivity contribution in [2.75, 3.05) is 19.0 Å². The quantitative estimate of drug-likeness (QED) is 0.133. The van der Waals surface area contributed by atoms with Gasteiger partial charge in [-0.1, -0.05) is 62.0 Å². The molecule has 61 heavy (non-hydrogen) atoms. The molecule has 4 aromatic rings. The summed E-state index contributed by atoms with van der Waals surface area (Å²) in [5, 5.41) is 9.89. The molecule has 5 atom stereocenters. The van der Waals surface area contributed by atoms with Gasteiger partial charge in [-0.2, -0.15) is 0 Å². The molecule has 17 heteroatoms. The Bertz CT molecular complexity index is 2510. The van der Waals surface area contributed by atoms with Gasteiger partial charge in [-0.3, -0.25) is 19.1 Å². The summed E-state index contributed by atoms with van der Waals surface area (Å²) in [7, 11) is -2.29. The largest absolute Gasteiger partial charge is 0.496 e. The van der Waals surface area contributed by atoms with Crippen LogP contribution in [0.2, 0.25) is 10.0 Å². The normalized spacial score (nSPS) is 24.7. The lowest BCUT2D eigenvalue weighted by atomic mass is 10.0. The Labute approximate surface area is 370 Å². The van der Waals surface area contributed by atoms with E-state index in [4.69, 9.17) is 42.6 Å². The summed E-state index contributed by atoms with van der Waals surface area (Å²) in [6.45, 7) is 6.15. The van der Waals surface area contributed by atoms with Gasteiger partial charge in [0.1, 0.15) is 45.9 Å². The number of allylic oxidation sites excluding steroid dienone is 1. The van der Waals surface area contributed by atoms with Gasteiger partial charge in [-0.15, -0.1) is 11.3 Å². The molecular weight excluding hydrogens is 860 g/mol. The maximum atomic E-state index is 14.9. The summed E-state index contributed by atoms with van der Waals surface area (Å²) in [6.07, 6.45) is 8.11. The van der Waals surface area contributed by atoms with Crippen LogP contribution in [0.15, 0.2) is 53.9 Å². The summed E-state index contributed by atoms with van der Waals surface area (Å²) in [6, 6.07) is 8.87. The van der Waals surface area contributed by atoms with Crippen molar-refractivity contribution in [2.45, 2.75) is 113 Å². The number of ether oxygens (including phenoxy) is 2. The number of carbonyl (C=O) groups excluding carboxylic acids is 3. The van der Waals surface area contributed by atoms with Crippen molar-refractivity contribution in [3.8, 4) is 22.2 Å². The minimum atomic E-state index is -3.90. The number of thiazole rings is 1. The Morgan fingerprint density at radius 1 is 1.03 bits per heavy atom. The number of aryl methyl sites for hydroxylation is 1. The van der Waals surface area contributed by atoms with Crippen LogP contribution in [-0.4, -0.2) is 83.6 Å². The van der Waals surface area contributed by atoms with E-state index in [9.17, 15) is 22.8 Å². The first kappa shape index (κ1) is 43.2. The molecule has 2 aromatic carbocycles. The van der Waals surface area contributed by atoms with Gasteiger partial charge in [0.05, 0.1) is 40.2 Å². The number of nitrogens with zero attached hydrogens (tertiary/aromatic N) is 3. The van der Waals surface area contributed by atoms with E-state index in [1.165, 1.54) is 16.2 Å². The minimum Gasteiger partial charge on any atom is -0.496 e. The highest BCUT2D eigenvalue weighted by Gasteiger charge is 2.62. The minimum absolute atomic E-state index is 0.0537. The molecule has 8 rings (SSSR count). The number of fused-ring (bicyclic) bond motifs is 3. The van der Waals surface area contributed by atoms with E-state index in [1.807, 2.05) is 42.7 Å². The smallest absolute Gasteiger partial charge is 0.259 e. The maximum absolute atomic E-state index is 14.9. The lowest BCUT2D eigenvalue weighted by Gasteiger charge is -2.30. The molecule has 0 unspecified atom stereocenters. The SMILES string of the molecule is COc1ccc2c(O[C@@H]3C[C@H]4C(=O)N[C@]5(C(=O)NS(=O)(=O)C6CC6)C[C@H]5C=CCCCCC[C@H](Nc5ccc(Cl)c(Cl)c5)C(=O)N4C3)cc(-c3nc(C(C)C)cs3)nc2c1C. The van der Waals surface area contributed by atoms with Crippen LogP contribution in [0.3, 0.4) is 0 Å². The zero-order valence-electron chi connectivity index (χ0n) is 34.5. The van der Waals surface area contributed by atoms with Gasteiger partial charge in [0.15, 0.2) is 0 Å². The van der Waals surface area contributed by atoms with Crippen molar-refractivity contribution < 1.29 is 32.3 Å². The topological polar surface area (TPSA) is 169 Å². The van der Waals surface area contributed by atoms with Crippen LogP contribution in [-0.2, 0) is 24.4 Å². The number of benzene rings is 2. The van der Waals surface area contributed by atoms with E-state index in [1.54, 1.807) is 25.3 Å². The number of amides is 3. The van der Waals surface area contributed by atoms with E-state index in [2.05, 4.69) is 29.2 Å². The van der Waals surface area contributed by atoms with E-state index >= 15 is 0 Å². The van der Waals surface area contributed by atoms with E-state index in [0.717, 1.165) is 47.3 Å². The third-order valence-corrected chi connectivity index (χ3v) is 15.5. The number of hydrogen-bond acceptors (Lipinski definition) is 11. The van der Waals surface area contributed by atoms with E-state index < -0.39 is 56.7 Å². The van der Waals surface area contributed by atoms with Crippen molar-refractivity contribution in [3.05, 3.63) is 75.2 Å². The molecule has 0 spiro atoms. The molecule has 3 amide bonds. The highest BCUT2D eigenvalue weighted by atomic mass is 35.5. The van der Waals surface area contributed by atoms with Crippen LogP contribution in [0.25, 0.3) is 21.6 Å². The predicted octanol–water partition coefficient (Wildman–Crippen LogP) is 7.94. The Hall–Kier alpha value is -4.44. The summed E-state index contributed by atoms with van der Waals surface area (Å²) in [4.78, 5) is 55.0. The van der Waals surface area contributed by atoms with Gasteiger partial charge < -0.3 is 25.0 Å². The number of pyridine rings is 1. The first-order valence-corrected chi connectivity index (χ1v) is 24.0. The van der Waals surface area contributed by atoms with Gasteiger partial charge in [-0.05, 0) is 81.7 Å². The molecule has 0 radical (unpaired) electrons. The van der Waals surface area contributed by atoms with Crippen LogP contribution in [0.5, 0.6) is 11.5 Å². The summed E-state index contributed by atoms with van der Waals surface area (Å²) in [5.74, 6) is -0.678. The number of hydrogen-bond donors (Lipinski definition) is 3. The van der Waals surface area contributed by atoms with Crippen molar-refractivity contribution in [3.63, 3.8) is 0 Å². The standard InChI is InChI=1S/C44H50Cl2N6O7S2/c1-24(2)35-23-60-41(49-35)34-20-38(30-15-17-37(58-4)25(3)39(30)48-34)59-28-19-36-40(53)50-44(43(55)51-61(56,57)29-13-14-29)21-26(44)10-8-6-5-7-9-11-33(42(54)52(36)22-28)47-27-12-16-31(45)32(46)18-27/h8,10,12,15-18,20,23-24,26,28-29,33,36,47H,5-7,9,11,13-14,19,21-22H2,1-4H3,(H,50,53)(H,51,55)/t26-,28-,33+,36+,44-/m1/s1. The Morgan fingerprint density at radius 2 is 1.84 bits per heavy atom. The molecule has 2 aliphatic heterocycles. The van der Waals surface area contributed by atoms with Gasteiger partial charge in [-0.25, -0.2) is 18.4 Å². The lowest BCUT2D eigenvalue weighted by molar-refractivity contribution is -0.140. The molecule has 2 saturated carbocycles. The second-order valence-electron chi connectivity index (χ2n) is 16.8. The number of sulfonamides is 1. The first-order valence-electron chi connectivity index (χ1n) is 20.8. The second kappa shape index (κ2) is 17.4. The Balaban J connectivity index is 1.16. The summed E-state index contributed by atoms with van der Waals surface area (Å²) >= 11 is 14.1. The number of anilines is 1. The molecular formula is C44H50Cl2N6O7S2. The van der Waals surface area contributed by atoms with E-state index in [-0.39, 0.29) is 31.2 Å². The molecule has 2 aromatic heterocycles. The van der Waals surface area contributed by atoms with Crippen molar-refractivity contribution in [2.24, 2.45) is 5.92 Å². The molecule has 3 fully saturated rings. The van der Waals surface area contributed by atoms with E-state index in [0.29, 0.717) is 57.7 Å². The third kappa shape index (κ3) is 9.07. The maximum Gasteiger partial charge on any atom is 0.259 e. The number of aromatic nitrogens is 2. The monoisotopic (exact) mass is 908 g/mol. The van der Waals surface area contributed by atoms with Crippen LogP contribution in [0.1, 0.15) is 88.8 Å². The highest BCUT2D eigenvalue weighted by molar-refractivity contribution is 7.91. The Kier molecular flexibility index (Phi) is 12.3. The third-order valence-electron chi connectivity index (χ3n) is 12.1. The first-order chi connectivity index (χ1) is 29.2. The zero-order chi connectivity index (χ0) is 43.2. The van der Waals surface area contributed by atoms with Crippen molar-refractivity contribution in [1.82, 2.24) is 24.9 Å². The van der Waals surface area contributed by atoms with Gasteiger partial charge in [0.2, 0.25) is 21.8 Å². The fraction of sp³-hybridized carbons (Fsp3) is 0.477. The summed E-state index contributed by atoms with van der Waals surface area (Å²) < 4.78 is 40.8. The van der Waals surface area contributed by atoms with Crippen LogP contribution < -0.4 is 24.8 Å². The molecule has 2 aliphatic carbocycles. The van der Waals surface area contributed by atoms with Crippen LogP contribution in [0.4, 0.5) is 5.69 Å². The highest BCUT2D eigenvalue weighted by Crippen LogP contribution is 2.46. The fourth-order valence-corrected chi connectivity index (χ4v) is 10.9. The molecule has 4 heterocycles. The number of halogens is 2. The van der Waals surface area contributed by atoms with Crippen LogP contribution >= 0.6 is 34.5 Å². The van der Waals surface area contributed by atoms with Crippen molar-refractivity contribution in [1.29, 1.82) is 0 Å². The molecule has 324 valence electrons. The van der Waals surface area contributed by atoms with Crippen molar-refractivity contribution >= 4 is 78.9 Å². The second-order valence-corrected chi connectivity index (χ2v) is 20.5. The molecule has 4 aliphatic rings. The Morgan fingerprint density at radius 3 is 2.56 bits per heavy atom. The molecule has 3 N–H and O–H groups in total. The molecule has 13 nitrogen and oxygen atoms in total. The van der Waals surface area contributed by atoms with Gasteiger partial charge >= 0.3 is 0 Å². The number of rotatable bonds is 10. The lowest BCUT2D eigenvalue weighted by Crippen LogP contribution is -2.57. The number of carbonyl (C=O) groups is 3. The molecule has 1 saturated heterocycles. The summed E-state index contributed by atoms with van der Waals surface area (Å²) in [5.41, 5.74) is 2.16. The van der Waals surface area contributed by atoms with Crippen LogP contribution in [0, 0.1) is 12.8 Å². The molecule has 0 bridgehead atoms. The number of nitrogens with one attached hydrogen (secondary N) is 3. The van der Waals surface area contributed by atoms with Gasteiger partial charge in [0.25, 0.3) is 5.91 Å². The fourth-order valence-electron chi connectivity index (χ4n) is 8.29. The van der Waals surface area contributed by atoms with Gasteiger partial charge in [0, 0.05) is 40.4 Å².